The molecule has 90 valence electrons. The minimum Gasteiger partial charge on any atom is -0.338 e. The molecule has 2 N–H and O–H groups in total. The van der Waals surface area contributed by atoms with E-state index in [9.17, 15) is 4.79 Å². The highest BCUT2D eigenvalue weighted by molar-refractivity contribution is 6.32. The van der Waals surface area contributed by atoms with Gasteiger partial charge in [-0.05, 0) is 18.6 Å². The standard InChI is InChI=1S/C12H9ClN4O/c1-7-3-2-4-9(8(7)5-14)17-11-10(13)12(18)16-6-15-11/h2-4,6H,1H3,(H2,15,16,17,18). The summed E-state index contributed by atoms with van der Waals surface area (Å²) in [6, 6.07) is 7.46. The minimum absolute atomic E-state index is 0.0390. The minimum atomic E-state index is -0.430. The molecule has 0 saturated heterocycles. The van der Waals surface area contributed by atoms with Gasteiger partial charge in [0.05, 0.1) is 17.6 Å². The molecule has 0 saturated carbocycles. The normalized spacial score (nSPS) is 9.83. The number of aromatic nitrogens is 2. The highest BCUT2D eigenvalue weighted by Crippen LogP contribution is 2.24. The van der Waals surface area contributed by atoms with Gasteiger partial charge in [0.2, 0.25) is 0 Å². The Morgan fingerprint density at radius 1 is 1.50 bits per heavy atom. The van der Waals surface area contributed by atoms with E-state index >= 15 is 0 Å². The molecule has 0 amide bonds. The Morgan fingerprint density at radius 3 is 3.00 bits per heavy atom. The van der Waals surface area contributed by atoms with Gasteiger partial charge < -0.3 is 10.3 Å². The number of H-pyrrole nitrogens is 1. The number of hydrogen-bond acceptors (Lipinski definition) is 4. The first-order chi connectivity index (χ1) is 8.63. The van der Waals surface area contributed by atoms with Crippen LogP contribution in [0.15, 0.2) is 29.3 Å². The molecule has 6 heteroatoms. The molecule has 0 aliphatic heterocycles. The van der Waals surface area contributed by atoms with Gasteiger partial charge in [-0.3, -0.25) is 4.79 Å². The number of rotatable bonds is 2. The van der Waals surface area contributed by atoms with Crippen LogP contribution in [0.25, 0.3) is 0 Å². The fourth-order valence-corrected chi connectivity index (χ4v) is 1.67. The van der Waals surface area contributed by atoms with E-state index in [-0.39, 0.29) is 10.8 Å². The van der Waals surface area contributed by atoms with Gasteiger partial charge >= 0.3 is 0 Å². The van der Waals surface area contributed by atoms with Crippen LogP contribution in [0.3, 0.4) is 0 Å². The van der Waals surface area contributed by atoms with E-state index in [2.05, 4.69) is 21.4 Å². The zero-order valence-corrected chi connectivity index (χ0v) is 10.2. The molecule has 2 rings (SSSR count). The smallest absolute Gasteiger partial charge is 0.271 e. The molecule has 0 spiro atoms. The average molecular weight is 261 g/mol. The lowest BCUT2D eigenvalue weighted by Gasteiger charge is -2.09. The summed E-state index contributed by atoms with van der Waals surface area (Å²) < 4.78 is 0. The maximum atomic E-state index is 11.3. The molecule has 5 nitrogen and oxygen atoms in total. The molecule has 2 aromatic rings. The van der Waals surface area contributed by atoms with E-state index in [4.69, 9.17) is 16.9 Å². The zero-order valence-electron chi connectivity index (χ0n) is 9.49. The van der Waals surface area contributed by atoms with Crippen molar-refractivity contribution in [1.82, 2.24) is 9.97 Å². The third-order valence-electron chi connectivity index (χ3n) is 2.43. The van der Waals surface area contributed by atoms with Crippen molar-refractivity contribution in [2.24, 2.45) is 0 Å². The molecule has 0 unspecified atom stereocenters. The van der Waals surface area contributed by atoms with Crippen molar-refractivity contribution in [3.63, 3.8) is 0 Å². The first-order valence-electron chi connectivity index (χ1n) is 5.13. The van der Waals surface area contributed by atoms with Gasteiger partial charge in [-0.1, -0.05) is 23.7 Å². The zero-order chi connectivity index (χ0) is 13.1. The second-order valence-corrected chi connectivity index (χ2v) is 4.01. The lowest BCUT2D eigenvalue weighted by atomic mass is 10.1. The van der Waals surface area contributed by atoms with Crippen LogP contribution in [-0.2, 0) is 0 Å². The first-order valence-corrected chi connectivity index (χ1v) is 5.51. The van der Waals surface area contributed by atoms with Crippen molar-refractivity contribution in [2.75, 3.05) is 5.32 Å². The van der Waals surface area contributed by atoms with Crippen molar-refractivity contribution >= 4 is 23.1 Å². The largest absolute Gasteiger partial charge is 0.338 e. The fourth-order valence-electron chi connectivity index (χ4n) is 1.52. The Morgan fingerprint density at radius 2 is 2.28 bits per heavy atom. The third kappa shape index (κ3) is 2.19. The highest BCUT2D eigenvalue weighted by atomic mass is 35.5. The average Bonchev–Trinajstić information content (AvgIpc) is 2.35. The van der Waals surface area contributed by atoms with Crippen LogP contribution in [0.1, 0.15) is 11.1 Å². The summed E-state index contributed by atoms with van der Waals surface area (Å²) in [6.07, 6.45) is 1.25. The Bertz CT molecular complexity index is 687. The predicted octanol–water partition coefficient (Wildman–Crippen LogP) is 2.35. The second kappa shape index (κ2) is 4.90. The predicted molar refractivity (Wildman–Crippen MR) is 69.0 cm³/mol. The van der Waals surface area contributed by atoms with Crippen LogP contribution in [-0.4, -0.2) is 9.97 Å². The molecule has 1 heterocycles. The Kier molecular flexibility index (Phi) is 3.31. The summed E-state index contributed by atoms with van der Waals surface area (Å²) in [5.74, 6) is 0.225. The molecule has 0 aliphatic carbocycles. The van der Waals surface area contributed by atoms with Crippen LogP contribution in [0.5, 0.6) is 0 Å². The second-order valence-electron chi connectivity index (χ2n) is 3.63. The number of nitriles is 1. The van der Waals surface area contributed by atoms with E-state index in [1.807, 2.05) is 13.0 Å². The van der Waals surface area contributed by atoms with E-state index in [1.54, 1.807) is 12.1 Å². The van der Waals surface area contributed by atoms with Gasteiger partial charge in [0.15, 0.2) is 5.82 Å². The van der Waals surface area contributed by atoms with Crippen molar-refractivity contribution in [3.8, 4) is 6.07 Å². The van der Waals surface area contributed by atoms with E-state index in [1.165, 1.54) is 6.33 Å². The SMILES string of the molecule is Cc1cccc(Nc2nc[nH]c(=O)c2Cl)c1C#N. The third-order valence-corrected chi connectivity index (χ3v) is 2.78. The summed E-state index contributed by atoms with van der Waals surface area (Å²) in [5.41, 5.74) is 1.47. The summed E-state index contributed by atoms with van der Waals surface area (Å²) in [5, 5.41) is 11.9. The monoisotopic (exact) mass is 260 g/mol. The van der Waals surface area contributed by atoms with Crippen molar-refractivity contribution in [3.05, 3.63) is 51.0 Å². The Balaban J connectivity index is 2.47. The van der Waals surface area contributed by atoms with Crippen molar-refractivity contribution in [1.29, 1.82) is 5.26 Å². The molecular formula is C12H9ClN4O. The number of halogens is 1. The maximum Gasteiger partial charge on any atom is 0.271 e. The van der Waals surface area contributed by atoms with E-state index < -0.39 is 5.56 Å². The molecule has 1 aromatic carbocycles. The Labute approximate surface area is 108 Å². The molecule has 1 aromatic heterocycles. The van der Waals surface area contributed by atoms with Crippen LogP contribution >= 0.6 is 11.6 Å². The maximum absolute atomic E-state index is 11.3. The molecule has 0 radical (unpaired) electrons. The summed E-state index contributed by atoms with van der Waals surface area (Å²) in [4.78, 5) is 17.6. The lowest BCUT2D eigenvalue weighted by molar-refractivity contribution is 1.12. The van der Waals surface area contributed by atoms with Gasteiger partial charge in [0.1, 0.15) is 11.1 Å². The van der Waals surface area contributed by atoms with Gasteiger partial charge in [0, 0.05) is 0 Å². The molecule has 0 aliphatic rings. The number of benzene rings is 1. The molecule has 0 fully saturated rings. The van der Waals surface area contributed by atoms with Crippen molar-refractivity contribution in [2.45, 2.75) is 6.92 Å². The van der Waals surface area contributed by atoms with Gasteiger partial charge in [-0.2, -0.15) is 5.26 Å². The number of aryl methyl sites for hydroxylation is 1. The van der Waals surface area contributed by atoms with Crippen LogP contribution in [0, 0.1) is 18.3 Å². The fraction of sp³-hybridized carbons (Fsp3) is 0.0833. The van der Waals surface area contributed by atoms with Gasteiger partial charge in [-0.25, -0.2) is 4.98 Å². The van der Waals surface area contributed by atoms with Gasteiger partial charge in [0.25, 0.3) is 5.56 Å². The van der Waals surface area contributed by atoms with Crippen LogP contribution in [0.2, 0.25) is 5.02 Å². The molecule has 0 bridgehead atoms. The molecular weight excluding hydrogens is 252 g/mol. The first kappa shape index (κ1) is 12.1. The van der Waals surface area contributed by atoms with E-state index in [0.717, 1.165) is 5.56 Å². The van der Waals surface area contributed by atoms with E-state index in [0.29, 0.717) is 11.3 Å². The number of anilines is 2. The summed E-state index contributed by atoms with van der Waals surface area (Å²) >= 11 is 5.83. The summed E-state index contributed by atoms with van der Waals surface area (Å²) in [7, 11) is 0. The van der Waals surface area contributed by atoms with Crippen LogP contribution < -0.4 is 10.9 Å². The number of nitrogens with zero attached hydrogens (tertiary/aromatic N) is 2. The lowest BCUT2D eigenvalue weighted by Crippen LogP contribution is -2.10. The highest BCUT2D eigenvalue weighted by Gasteiger charge is 2.09. The number of nitrogens with one attached hydrogen (secondary N) is 2. The van der Waals surface area contributed by atoms with Gasteiger partial charge in [-0.15, -0.1) is 0 Å². The summed E-state index contributed by atoms with van der Waals surface area (Å²) in [6.45, 7) is 1.83. The van der Waals surface area contributed by atoms with Crippen molar-refractivity contribution < 1.29 is 0 Å². The number of hydrogen-bond donors (Lipinski definition) is 2. The Hall–Kier alpha value is -2.32. The molecule has 0 atom stereocenters. The number of aromatic amines is 1. The molecule has 18 heavy (non-hydrogen) atoms. The topological polar surface area (TPSA) is 81.6 Å². The quantitative estimate of drug-likeness (QED) is 0.868. The van der Waals surface area contributed by atoms with Crippen LogP contribution in [0.4, 0.5) is 11.5 Å².